The molecule has 0 aromatic heterocycles. The minimum atomic E-state index is 0.826. The average Bonchev–Trinajstić information content (AvgIpc) is 2.10. The maximum Gasteiger partial charge on any atom is -0.000672 e. The van der Waals surface area contributed by atoms with E-state index in [9.17, 15) is 0 Å². The van der Waals surface area contributed by atoms with E-state index in [1.54, 1.807) is 0 Å². The molecule has 2 heteroatoms. The molecule has 0 aliphatic heterocycles. The monoisotopic (exact) mass is 172 g/mol. The second-order valence-electron chi connectivity index (χ2n) is 3.34. The highest BCUT2D eigenvalue weighted by Crippen LogP contribution is 1.97. The maximum absolute atomic E-state index is 5.47. The van der Waals surface area contributed by atoms with Crippen molar-refractivity contribution < 1.29 is 0 Å². The van der Waals surface area contributed by atoms with Crippen LogP contribution in [0.5, 0.6) is 0 Å². The highest BCUT2D eigenvalue weighted by Gasteiger charge is 2.00. The smallest absolute Gasteiger partial charge is 0.000672 e. The summed E-state index contributed by atoms with van der Waals surface area (Å²) >= 11 is 0. The van der Waals surface area contributed by atoms with Crippen molar-refractivity contribution in [2.24, 2.45) is 5.73 Å². The quantitative estimate of drug-likeness (QED) is 0.605. The van der Waals surface area contributed by atoms with E-state index in [2.05, 4.69) is 18.7 Å². The van der Waals surface area contributed by atoms with Crippen LogP contribution in [0.25, 0.3) is 0 Å². The van der Waals surface area contributed by atoms with Gasteiger partial charge in [-0.2, -0.15) is 0 Å². The first kappa shape index (κ1) is 11.9. The van der Waals surface area contributed by atoms with Crippen LogP contribution in [0, 0.1) is 0 Å². The maximum atomic E-state index is 5.47. The molecule has 12 heavy (non-hydrogen) atoms. The van der Waals surface area contributed by atoms with Gasteiger partial charge in [0.05, 0.1) is 0 Å². The first-order valence-electron chi connectivity index (χ1n) is 5.27. The summed E-state index contributed by atoms with van der Waals surface area (Å²) in [6, 6.07) is 0. The van der Waals surface area contributed by atoms with Gasteiger partial charge in [-0.05, 0) is 45.4 Å². The molecule has 2 nitrogen and oxygen atoms in total. The highest BCUT2D eigenvalue weighted by molar-refractivity contribution is 4.56. The summed E-state index contributed by atoms with van der Waals surface area (Å²) < 4.78 is 0. The number of nitrogens with zero attached hydrogens (tertiary/aromatic N) is 1. The first-order chi connectivity index (χ1) is 5.85. The second kappa shape index (κ2) is 9.01. The van der Waals surface area contributed by atoms with Gasteiger partial charge in [0.1, 0.15) is 0 Å². The average molecular weight is 172 g/mol. The SMILES string of the molecule is CCCCN(CCC)CCCN. The van der Waals surface area contributed by atoms with Gasteiger partial charge in [0.15, 0.2) is 0 Å². The predicted octanol–water partition coefficient (Wildman–Crippen LogP) is 1.85. The molecule has 0 radical (unpaired) electrons. The summed E-state index contributed by atoms with van der Waals surface area (Å²) in [5.74, 6) is 0. The fraction of sp³-hybridized carbons (Fsp3) is 1.00. The Bertz CT molecular complexity index is 75.9. The molecule has 0 aliphatic rings. The van der Waals surface area contributed by atoms with Crippen molar-refractivity contribution in [2.75, 3.05) is 26.2 Å². The number of rotatable bonds is 8. The summed E-state index contributed by atoms with van der Waals surface area (Å²) in [5.41, 5.74) is 5.47. The zero-order valence-electron chi connectivity index (χ0n) is 8.68. The van der Waals surface area contributed by atoms with Crippen molar-refractivity contribution in [3.8, 4) is 0 Å². The Hall–Kier alpha value is -0.0800. The van der Waals surface area contributed by atoms with Crippen LogP contribution in [0.4, 0.5) is 0 Å². The Morgan fingerprint density at radius 3 is 2.08 bits per heavy atom. The molecule has 0 bridgehead atoms. The van der Waals surface area contributed by atoms with Crippen molar-refractivity contribution in [1.29, 1.82) is 0 Å². The number of unbranched alkanes of at least 4 members (excludes halogenated alkanes) is 1. The third-order valence-corrected chi connectivity index (χ3v) is 2.05. The molecule has 74 valence electrons. The van der Waals surface area contributed by atoms with Crippen LogP contribution < -0.4 is 5.73 Å². The second-order valence-corrected chi connectivity index (χ2v) is 3.34. The lowest BCUT2D eigenvalue weighted by atomic mass is 10.3. The lowest BCUT2D eigenvalue weighted by Gasteiger charge is -2.20. The van der Waals surface area contributed by atoms with Crippen LogP contribution in [0.2, 0.25) is 0 Å². The van der Waals surface area contributed by atoms with Gasteiger partial charge in [-0.15, -0.1) is 0 Å². The molecule has 0 saturated carbocycles. The molecule has 2 N–H and O–H groups in total. The summed E-state index contributed by atoms with van der Waals surface area (Å²) in [4.78, 5) is 2.52. The Morgan fingerprint density at radius 2 is 1.58 bits per heavy atom. The molecule has 0 spiro atoms. The standard InChI is InChI=1S/C10H24N2/c1-3-5-9-12(8-4-2)10-6-7-11/h3-11H2,1-2H3. The van der Waals surface area contributed by atoms with E-state index >= 15 is 0 Å². The molecule has 0 aromatic rings. The molecule has 0 amide bonds. The van der Waals surface area contributed by atoms with Crippen LogP contribution in [0.15, 0.2) is 0 Å². The van der Waals surface area contributed by atoms with Crippen molar-refractivity contribution in [3.63, 3.8) is 0 Å². The lowest BCUT2D eigenvalue weighted by Crippen LogP contribution is -2.28. The Kier molecular flexibility index (Phi) is 8.95. The Morgan fingerprint density at radius 1 is 0.917 bits per heavy atom. The van der Waals surface area contributed by atoms with Crippen LogP contribution in [-0.4, -0.2) is 31.1 Å². The van der Waals surface area contributed by atoms with E-state index in [1.165, 1.54) is 38.9 Å². The molecule has 0 fully saturated rings. The minimum absolute atomic E-state index is 0.826. The number of hydrogen-bond donors (Lipinski definition) is 1. The highest BCUT2D eigenvalue weighted by atomic mass is 15.1. The summed E-state index contributed by atoms with van der Waals surface area (Å²) in [6.07, 6.45) is 5.02. The van der Waals surface area contributed by atoms with Crippen molar-refractivity contribution in [2.45, 2.75) is 39.5 Å². The normalized spacial score (nSPS) is 11.0. The third kappa shape index (κ3) is 6.62. The summed E-state index contributed by atoms with van der Waals surface area (Å²) in [7, 11) is 0. The summed E-state index contributed by atoms with van der Waals surface area (Å²) in [5, 5.41) is 0. The fourth-order valence-electron chi connectivity index (χ4n) is 1.35. The molecule has 0 aliphatic carbocycles. The van der Waals surface area contributed by atoms with Crippen LogP contribution in [0.1, 0.15) is 39.5 Å². The minimum Gasteiger partial charge on any atom is -0.330 e. The van der Waals surface area contributed by atoms with Gasteiger partial charge in [0.2, 0.25) is 0 Å². The van der Waals surface area contributed by atoms with E-state index in [0.717, 1.165) is 13.0 Å². The van der Waals surface area contributed by atoms with E-state index in [4.69, 9.17) is 5.73 Å². The molecule has 0 unspecified atom stereocenters. The molecule has 0 rings (SSSR count). The molecule has 0 heterocycles. The Labute approximate surface area is 77.1 Å². The van der Waals surface area contributed by atoms with Crippen molar-refractivity contribution in [3.05, 3.63) is 0 Å². The van der Waals surface area contributed by atoms with E-state index < -0.39 is 0 Å². The first-order valence-corrected chi connectivity index (χ1v) is 5.27. The molecule has 0 atom stereocenters. The van der Waals surface area contributed by atoms with Gasteiger partial charge >= 0.3 is 0 Å². The van der Waals surface area contributed by atoms with Gasteiger partial charge in [0.25, 0.3) is 0 Å². The molecule has 0 aromatic carbocycles. The lowest BCUT2D eigenvalue weighted by molar-refractivity contribution is 0.268. The van der Waals surface area contributed by atoms with Gasteiger partial charge in [-0.1, -0.05) is 20.3 Å². The van der Waals surface area contributed by atoms with Gasteiger partial charge in [-0.3, -0.25) is 0 Å². The third-order valence-electron chi connectivity index (χ3n) is 2.05. The van der Waals surface area contributed by atoms with Crippen molar-refractivity contribution in [1.82, 2.24) is 4.90 Å². The van der Waals surface area contributed by atoms with Gasteiger partial charge in [0, 0.05) is 0 Å². The number of hydrogen-bond acceptors (Lipinski definition) is 2. The number of nitrogens with two attached hydrogens (primary N) is 1. The van der Waals surface area contributed by atoms with Crippen LogP contribution in [-0.2, 0) is 0 Å². The molecular weight excluding hydrogens is 148 g/mol. The van der Waals surface area contributed by atoms with Crippen LogP contribution in [0.3, 0.4) is 0 Å². The van der Waals surface area contributed by atoms with Crippen molar-refractivity contribution >= 4 is 0 Å². The molecular formula is C10H24N2. The largest absolute Gasteiger partial charge is 0.330 e. The zero-order valence-corrected chi connectivity index (χ0v) is 8.68. The predicted molar refractivity (Wildman–Crippen MR) is 55.3 cm³/mol. The van der Waals surface area contributed by atoms with E-state index in [-0.39, 0.29) is 0 Å². The van der Waals surface area contributed by atoms with Crippen LogP contribution >= 0.6 is 0 Å². The fourth-order valence-corrected chi connectivity index (χ4v) is 1.35. The van der Waals surface area contributed by atoms with Gasteiger partial charge < -0.3 is 10.6 Å². The zero-order chi connectivity index (χ0) is 9.23. The van der Waals surface area contributed by atoms with Gasteiger partial charge in [-0.25, -0.2) is 0 Å². The Balaban J connectivity index is 3.40. The topological polar surface area (TPSA) is 29.3 Å². The molecule has 0 saturated heterocycles. The van der Waals surface area contributed by atoms with E-state index in [1.807, 2.05) is 0 Å². The summed E-state index contributed by atoms with van der Waals surface area (Å²) in [6.45, 7) is 8.98. The van der Waals surface area contributed by atoms with E-state index in [0.29, 0.717) is 0 Å².